The molecule has 0 aliphatic heterocycles. The van der Waals surface area contributed by atoms with Crippen molar-refractivity contribution in [3.63, 3.8) is 0 Å². The summed E-state index contributed by atoms with van der Waals surface area (Å²) < 4.78 is 16.5. The number of pyridine rings is 1. The van der Waals surface area contributed by atoms with Crippen molar-refractivity contribution in [2.24, 2.45) is 0 Å². The minimum absolute atomic E-state index is 0.170. The van der Waals surface area contributed by atoms with E-state index in [0.717, 1.165) is 6.20 Å². The first-order valence-corrected chi connectivity index (χ1v) is 8.81. The SMILES string of the molecule is CCOC(=O)C(C)Oc1ccc(Oc2c[n+]([O-])c3ccccc3c2[N+](=O)[O-])cc1. The Morgan fingerprint density at radius 2 is 1.79 bits per heavy atom. The molecule has 2 aromatic carbocycles. The van der Waals surface area contributed by atoms with Gasteiger partial charge in [-0.15, -0.1) is 0 Å². The monoisotopic (exact) mass is 398 g/mol. The molecule has 9 nitrogen and oxygen atoms in total. The number of carbonyl (C=O) groups is 1. The molecule has 9 heteroatoms. The van der Waals surface area contributed by atoms with E-state index >= 15 is 0 Å². The van der Waals surface area contributed by atoms with Gasteiger partial charge in [0.25, 0.3) is 5.75 Å². The largest absolute Gasteiger partial charge is 0.618 e. The van der Waals surface area contributed by atoms with Crippen LogP contribution in [0.1, 0.15) is 13.8 Å². The van der Waals surface area contributed by atoms with Crippen LogP contribution in [0.2, 0.25) is 0 Å². The van der Waals surface area contributed by atoms with Gasteiger partial charge in [0.2, 0.25) is 11.7 Å². The molecule has 1 aromatic heterocycles. The summed E-state index contributed by atoms with van der Waals surface area (Å²) in [6.07, 6.45) is 0.232. The zero-order chi connectivity index (χ0) is 21.0. The maximum Gasteiger partial charge on any atom is 0.347 e. The van der Waals surface area contributed by atoms with Crippen molar-refractivity contribution in [3.8, 4) is 17.2 Å². The molecular weight excluding hydrogens is 380 g/mol. The Hall–Kier alpha value is -3.88. The second-order valence-electron chi connectivity index (χ2n) is 6.03. The van der Waals surface area contributed by atoms with Crippen LogP contribution in [0.4, 0.5) is 5.69 Å². The molecule has 0 bridgehead atoms. The molecule has 1 atom stereocenters. The molecule has 0 saturated heterocycles. The Kier molecular flexibility index (Phi) is 5.77. The van der Waals surface area contributed by atoms with E-state index in [4.69, 9.17) is 14.2 Å². The zero-order valence-corrected chi connectivity index (χ0v) is 15.7. The summed E-state index contributed by atoms with van der Waals surface area (Å²) in [4.78, 5) is 22.6. The predicted molar refractivity (Wildman–Crippen MR) is 103 cm³/mol. The van der Waals surface area contributed by atoms with Gasteiger partial charge in [-0.25, -0.2) is 4.79 Å². The van der Waals surface area contributed by atoms with Gasteiger partial charge in [-0.2, -0.15) is 4.73 Å². The first-order chi connectivity index (χ1) is 13.9. The minimum atomic E-state index is -0.789. The fourth-order valence-corrected chi connectivity index (χ4v) is 2.72. The van der Waals surface area contributed by atoms with Crippen LogP contribution in [-0.4, -0.2) is 23.6 Å². The lowest BCUT2D eigenvalue weighted by Gasteiger charge is -2.13. The van der Waals surface area contributed by atoms with Crippen LogP contribution in [0.25, 0.3) is 10.9 Å². The van der Waals surface area contributed by atoms with E-state index < -0.39 is 17.0 Å². The summed E-state index contributed by atoms with van der Waals surface area (Å²) in [5.74, 6) is -0.0128. The quantitative estimate of drug-likeness (QED) is 0.197. The van der Waals surface area contributed by atoms with Gasteiger partial charge in [0.1, 0.15) is 16.9 Å². The second-order valence-corrected chi connectivity index (χ2v) is 6.03. The number of nitro groups is 1. The normalized spacial score (nSPS) is 11.7. The second kappa shape index (κ2) is 8.42. The van der Waals surface area contributed by atoms with Gasteiger partial charge >= 0.3 is 11.7 Å². The highest BCUT2D eigenvalue weighted by Crippen LogP contribution is 2.36. The average molecular weight is 398 g/mol. The Labute approximate surface area is 165 Å². The lowest BCUT2D eigenvalue weighted by molar-refractivity contribution is -0.578. The highest BCUT2D eigenvalue weighted by atomic mass is 16.6. The molecule has 0 saturated carbocycles. The molecule has 0 fully saturated rings. The third-order valence-corrected chi connectivity index (χ3v) is 4.03. The van der Waals surface area contributed by atoms with Gasteiger partial charge in [0, 0.05) is 6.07 Å². The van der Waals surface area contributed by atoms with E-state index in [2.05, 4.69) is 0 Å². The van der Waals surface area contributed by atoms with Crippen molar-refractivity contribution in [2.75, 3.05) is 6.61 Å². The number of ether oxygens (including phenoxy) is 3. The number of aromatic nitrogens is 1. The summed E-state index contributed by atoms with van der Waals surface area (Å²) in [5, 5.41) is 24.0. The fraction of sp³-hybridized carbons (Fsp3) is 0.200. The van der Waals surface area contributed by atoms with Crippen molar-refractivity contribution in [2.45, 2.75) is 20.0 Å². The van der Waals surface area contributed by atoms with Gasteiger partial charge in [0.15, 0.2) is 6.10 Å². The molecule has 0 amide bonds. The van der Waals surface area contributed by atoms with Crippen LogP contribution in [0, 0.1) is 15.3 Å². The summed E-state index contributed by atoms with van der Waals surface area (Å²) in [6, 6.07) is 12.3. The van der Waals surface area contributed by atoms with Crippen LogP contribution in [0.15, 0.2) is 54.7 Å². The van der Waals surface area contributed by atoms with E-state index in [1.807, 2.05) is 0 Å². The van der Waals surface area contributed by atoms with E-state index in [9.17, 15) is 20.1 Å². The third kappa shape index (κ3) is 4.34. The number of carbonyl (C=O) groups excluding carboxylic acids is 1. The first kappa shape index (κ1) is 19.9. The van der Waals surface area contributed by atoms with Crippen LogP contribution in [-0.2, 0) is 9.53 Å². The number of para-hydroxylation sites is 1. The van der Waals surface area contributed by atoms with Gasteiger partial charge in [-0.05, 0) is 44.2 Å². The summed E-state index contributed by atoms with van der Waals surface area (Å²) in [7, 11) is 0. The molecule has 0 aliphatic carbocycles. The number of nitrogens with zero attached hydrogens (tertiary/aromatic N) is 2. The Morgan fingerprint density at radius 1 is 1.14 bits per heavy atom. The van der Waals surface area contributed by atoms with E-state index in [-0.39, 0.29) is 34.7 Å². The average Bonchev–Trinajstić information content (AvgIpc) is 2.69. The molecule has 3 aromatic rings. The molecule has 29 heavy (non-hydrogen) atoms. The van der Waals surface area contributed by atoms with Crippen molar-refractivity contribution >= 4 is 22.6 Å². The lowest BCUT2D eigenvalue weighted by atomic mass is 10.2. The number of fused-ring (bicyclic) bond motifs is 1. The summed E-state index contributed by atoms with van der Waals surface area (Å²) in [6.45, 7) is 3.52. The maximum atomic E-state index is 12.2. The molecule has 3 rings (SSSR count). The van der Waals surface area contributed by atoms with Crippen LogP contribution >= 0.6 is 0 Å². The molecule has 0 aliphatic rings. The zero-order valence-electron chi connectivity index (χ0n) is 15.7. The highest BCUT2D eigenvalue weighted by Gasteiger charge is 2.26. The van der Waals surface area contributed by atoms with Crippen molar-refractivity contribution < 1.29 is 28.7 Å². The predicted octanol–water partition coefficient (Wildman–Crippen LogP) is 3.50. The van der Waals surface area contributed by atoms with Crippen molar-refractivity contribution in [1.82, 2.24) is 0 Å². The lowest BCUT2D eigenvalue weighted by Crippen LogP contribution is -2.27. The summed E-state index contributed by atoms with van der Waals surface area (Å²) >= 11 is 0. The minimum Gasteiger partial charge on any atom is -0.618 e. The van der Waals surface area contributed by atoms with Gasteiger partial charge < -0.3 is 19.4 Å². The Balaban J connectivity index is 1.85. The van der Waals surface area contributed by atoms with Crippen LogP contribution in [0.5, 0.6) is 17.2 Å². The van der Waals surface area contributed by atoms with Gasteiger partial charge in [-0.3, -0.25) is 10.1 Å². The molecular formula is C20H18N2O7. The molecule has 0 N–H and O–H groups in total. The van der Waals surface area contributed by atoms with Crippen molar-refractivity contribution in [1.29, 1.82) is 0 Å². The molecule has 0 spiro atoms. The first-order valence-electron chi connectivity index (χ1n) is 8.81. The van der Waals surface area contributed by atoms with E-state index in [1.165, 1.54) is 24.3 Å². The van der Waals surface area contributed by atoms with E-state index in [0.29, 0.717) is 10.5 Å². The Morgan fingerprint density at radius 3 is 2.45 bits per heavy atom. The maximum absolute atomic E-state index is 12.2. The van der Waals surface area contributed by atoms with Gasteiger partial charge in [-0.1, -0.05) is 12.1 Å². The molecule has 150 valence electrons. The number of rotatable bonds is 7. The molecule has 0 radical (unpaired) electrons. The smallest absolute Gasteiger partial charge is 0.347 e. The highest BCUT2D eigenvalue weighted by molar-refractivity contribution is 5.88. The third-order valence-electron chi connectivity index (χ3n) is 4.03. The molecule has 1 heterocycles. The van der Waals surface area contributed by atoms with Gasteiger partial charge in [0.05, 0.1) is 11.5 Å². The number of benzene rings is 2. The fourth-order valence-electron chi connectivity index (χ4n) is 2.72. The Bertz CT molecular complexity index is 1050. The van der Waals surface area contributed by atoms with Crippen molar-refractivity contribution in [3.05, 3.63) is 70.0 Å². The van der Waals surface area contributed by atoms with E-state index in [1.54, 1.807) is 38.1 Å². The van der Waals surface area contributed by atoms with Crippen LogP contribution in [0.3, 0.4) is 0 Å². The number of hydrogen-bond acceptors (Lipinski definition) is 7. The summed E-state index contributed by atoms with van der Waals surface area (Å²) in [5.41, 5.74) is -0.132. The number of hydrogen-bond donors (Lipinski definition) is 0. The topological polar surface area (TPSA) is 115 Å². The molecule has 1 unspecified atom stereocenters. The van der Waals surface area contributed by atoms with Crippen LogP contribution < -0.4 is 14.2 Å². The number of esters is 1. The standard InChI is InChI=1S/C20H18N2O7/c1-3-27-20(23)13(2)28-14-8-10-15(11-9-14)29-18-12-21(24)17-7-5-4-6-16(17)19(18)22(25)26/h4-13H,3H2,1-2H3.